The molecule has 342 valence electrons. The van der Waals surface area contributed by atoms with Gasteiger partial charge in [-0.1, -0.05) is 206 Å². The fraction of sp³-hybridized carbons (Fsp3) is 0. The van der Waals surface area contributed by atoms with Gasteiger partial charge < -0.3 is 9.13 Å². The summed E-state index contributed by atoms with van der Waals surface area (Å²) in [6.07, 6.45) is 0. The van der Waals surface area contributed by atoms with E-state index in [9.17, 15) is 10.5 Å². The lowest BCUT2D eigenvalue weighted by atomic mass is 9.86. The zero-order valence-electron chi connectivity index (χ0n) is 39.5. The van der Waals surface area contributed by atoms with Crippen molar-refractivity contribution in [3.8, 4) is 68.0 Å². The van der Waals surface area contributed by atoms with Gasteiger partial charge in [0.05, 0.1) is 54.0 Å². The number of fused-ring (bicyclic) bond motifs is 14. The van der Waals surface area contributed by atoms with E-state index >= 15 is 0 Å². The van der Waals surface area contributed by atoms with E-state index in [-0.39, 0.29) is 0 Å². The number of thiophene rings is 2. The van der Waals surface area contributed by atoms with Crippen LogP contribution in [0.3, 0.4) is 0 Å². The first-order valence-electron chi connectivity index (χ1n) is 24.7. The van der Waals surface area contributed by atoms with Crippen LogP contribution in [-0.2, 0) is 0 Å². The summed E-state index contributed by atoms with van der Waals surface area (Å²) in [6.45, 7) is 0. The molecule has 0 unspecified atom stereocenters. The number of rotatable bonds is 6. The third-order valence-corrected chi connectivity index (χ3v) is 17.5. The van der Waals surface area contributed by atoms with Crippen LogP contribution in [0, 0.1) is 22.7 Å². The fourth-order valence-electron chi connectivity index (χ4n) is 11.9. The van der Waals surface area contributed by atoms with Gasteiger partial charge in [-0.3, -0.25) is 0 Å². The molecule has 4 nitrogen and oxygen atoms in total. The van der Waals surface area contributed by atoms with E-state index in [0.29, 0.717) is 16.7 Å². The molecular formula is C68H38N4S2. The highest BCUT2D eigenvalue weighted by atomic mass is 32.1. The van der Waals surface area contributed by atoms with Crippen molar-refractivity contribution in [1.82, 2.24) is 9.13 Å². The predicted molar refractivity (Wildman–Crippen MR) is 312 cm³/mol. The maximum atomic E-state index is 12.2. The minimum atomic E-state index is 0.428. The molecule has 0 amide bonds. The molecule has 0 radical (unpaired) electrons. The Morgan fingerprint density at radius 3 is 1.46 bits per heavy atom. The van der Waals surface area contributed by atoms with Crippen LogP contribution in [0.1, 0.15) is 11.1 Å². The van der Waals surface area contributed by atoms with Crippen LogP contribution in [0.25, 0.3) is 140 Å². The first-order chi connectivity index (χ1) is 36.7. The summed E-state index contributed by atoms with van der Waals surface area (Å²) in [6, 6.07) is 87.0. The van der Waals surface area contributed by atoms with E-state index in [1.165, 1.54) is 25.7 Å². The van der Waals surface area contributed by atoms with E-state index in [1.807, 2.05) is 53.8 Å². The Hall–Kier alpha value is -9.56. The van der Waals surface area contributed by atoms with Crippen molar-refractivity contribution in [1.29, 1.82) is 10.5 Å². The zero-order chi connectivity index (χ0) is 49.0. The largest absolute Gasteiger partial charge is 0.307 e. The second-order valence-corrected chi connectivity index (χ2v) is 20.9. The Balaban J connectivity index is 1.21. The monoisotopic (exact) mass is 974 g/mol. The summed E-state index contributed by atoms with van der Waals surface area (Å²) in [5, 5.41) is 33.3. The number of para-hydroxylation sites is 1. The Morgan fingerprint density at radius 1 is 0.311 bits per heavy atom. The second-order valence-electron chi connectivity index (χ2n) is 18.9. The van der Waals surface area contributed by atoms with Crippen molar-refractivity contribution >= 4 is 107 Å². The highest BCUT2D eigenvalue weighted by molar-refractivity contribution is 7.27. The molecule has 4 heterocycles. The number of aromatic nitrogens is 2. The number of hydrogen-bond donors (Lipinski definition) is 0. The molecule has 0 aliphatic carbocycles. The fourth-order valence-corrected chi connectivity index (χ4v) is 14.5. The average Bonchev–Trinajstić information content (AvgIpc) is 4.23. The van der Waals surface area contributed by atoms with E-state index in [0.717, 1.165) is 109 Å². The molecule has 0 aliphatic rings. The van der Waals surface area contributed by atoms with Crippen molar-refractivity contribution < 1.29 is 0 Å². The lowest BCUT2D eigenvalue weighted by Gasteiger charge is -2.25. The van der Waals surface area contributed by atoms with Gasteiger partial charge in [0, 0.05) is 63.6 Å². The molecule has 15 rings (SSSR count). The van der Waals surface area contributed by atoms with Crippen LogP contribution in [0.15, 0.2) is 231 Å². The molecule has 6 heteroatoms. The lowest BCUT2D eigenvalue weighted by Crippen LogP contribution is -2.11. The SMILES string of the molecule is N#Cc1c(-c2ccccc2)c(C#N)c(-n2c3c(ccc4c5ccccc5sc43)c3ccc4c5cccc(-c6ccccc6)c5sc4c32)c(-c2ccccc2)c1-n1c2ccccc2c2cc(-c3ccccc3)ccc21. The number of hydrogen-bond acceptors (Lipinski definition) is 4. The predicted octanol–water partition coefficient (Wildman–Crippen LogP) is 19.0. The summed E-state index contributed by atoms with van der Waals surface area (Å²) < 4.78 is 9.43. The van der Waals surface area contributed by atoms with Crippen LogP contribution in [0.5, 0.6) is 0 Å². The quantitative estimate of drug-likeness (QED) is 0.167. The van der Waals surface area contributed by atoms with E-state index in [4.69, 9.17) is 0 Å². The van der Waals surface area contributed by atoms with Gasteiger partial charge in [-0.25, -0.2) is 0 Å². The Labute approximate surface area is 433 Å². The molecule has 4 aromatic heterocycles. The summed E-state index contributed by atoms with van der Waals surface area (Å²) in [5.41, 5.74) is 14.0. The maximum Gasteiger partial charge on any atom is 0.102 e. The zero-order valence-corrected chi connectivity index (χ0v) is 41.2. The lowest BCUT2D eigenvalue weighted by molar-refractivity contribution is 1.13. The second kappa shape index (κ2) is 16.5. The summed E-state index contributed by atoms with van der Waals surface area (Å²) in [7, 11) is 0. The standard InChI is InChI=1S/C68H38N4S2/c69-39-55-60(43-22-9-3-10-23-43)56(40-70)63(61(44-24-11-4-12-25-44)62(55)71-57-30-15-13-26-47(57)54-38-45(32-37-58(54)71)41-18-5-1-6-19-41)72-64-49(33-35-52-48-27-14-16-31-59(48)73-67(52)64)50-34-36-53-51-29-17-28-46(42-20-7-2-8-21-42)66(51)74-68(53)65(50)72/h1-38H. The molecule has 0 fully saturated rings. The number of nitriles is 2. The van der Waals surface area contributed by atoms with E-state index in [1.54, 1.807) is 11.3 Å². The molecule has 0 saturated carbocycles. The van der Waals surface area contributed by atoms with Gasteiger partial charge in [0.2, 0.25) is 0 Å². The van der Waals surface area contributed by atoms with Gasteiger partial charge in [0.1, 0.15) is 12.1 Å². The van der Waals surface area contributed by atoms with E-state index < -0.39 is 0 Å². The van der Waals surface area contributed by atoms with Gasteiger partial charge in [-0.05, 0) is 57.6 Å². The summed E-state index contributed by atoms with van der Waals surface area (Å²) in [5.74, 6) is 0. The van der Waals surface area contributed by atoms with Crippen molar-refractivity contribution in [2.45, 2.75) is 0 Å². The van der Waals surface area contributed by atoms with E-state index in [2.05, 4.69) is 209 Å². The first-order valence-corrected chi connectivity index (χ1v) is 26.3. The molecular weight excluding hydrogens is 937 g/mol. The molecule has 0 aliphatic heterocycles. The van der Waals surface area contributed by atoms with Crippen LogP contribution in [0.2, 0.25) is 0 Å². The minimum absolute atomic E-state index is 0.428. The van der Waals surface area contributed by atoms with Gasteiger partial charge in [-0.2, -0.15) is 10.5 Å². The van der Waals surface area contributed by atoms with Crippen LogP contribution < -0.4 is 0 Å². The smallest absolute Gasteiger partial charge is 0.102 e. The highest BCUT2D eigenvalue weighted by Gasteiger charge is 2.33. The normalized spacial score (nSPS) is 11.8. The number of benzene rings is 11. The summed E-state index contributed by atoms with van der Waals surface area (Å²) >= 11 is 3.61. The third-order valence-electron chi connectivity index (χ3n) is 15.0. The van der Waals surface area contributed by atoms with Crippen molar-refractivity contribution in [2.75, 3.05) is 0 Å². The molecule has 0 spiro atoms. The molecule has 11 aromatic carbocycles. The van der Waals surface area contributed by atoms with Gasteiger partial charge in [0.25, 0.3) is 0 Å². The van der Waals surface area contributed by atoms with Crippen LogP contribution >= 0.6 is 22.7 Å². The average molecular weight is 975 g/mol. The number of nitrogens with zero attached hydrogens (tertiary/aromatic N) is 4. The van der Waals surface area contributed by atoms with Crippen LogP contribution in [0.4, 0.5) is 0 Å². The Kier molecular flexibility index (Phi) is 9.40. The molecule has 0 N–H and O–H groups in total. The minimum Gasteiger partial charge on any atom is -0.307 e. The topological polar surface area (TPSA) is 57.4 Å². The van der Waals surface area contributed by atoms with Crippen molar-refractivity contribution in [3.05, 3.63) is 242 Å². The molecule has 0 saturated heterocycles. The van der Waals surface area contributed by atoms with Gasteiger partial charge >= 0.3 is 0 Å². The molecule has 74 heavy (non-hydrogen) atoms. The van der Waals surface area contributed by atoms with Crippen molar-refractivity contribution in [3.63, 3.8) is 0 Å². The third kappa shape index (κ3) is 6.05. The Morgan fingerprint density at radius 2 is 0.797 bits per heavy atom. The molecule has 15 aromatic rings. The highest BCUT2D eigenvalue weighted by Crippen LogP contribution is 2.53. The van der Waals surface area contributed by atoms with Gasteiger partial charge in [0.15, 0.2) is 0 Å². The molecule has 0 atom stereocenters. The Bertz CT molecular complexity index is 4890. The maximum absolute atomic E-state index is 12.2. The van der Waals surface area contributed by atoms with Gasteiger partial charge in [-0.15, -0.1) is 22.7 Å². The first kappa shape index (κ1) is 42.2. The van der Waals surface area contributed by atoms with Crippen LogP contribution in [-0.4, -0.2) is 9.13 Å². The summed E-state index contributed by atoms with van der Waals surface area (Å²) in [4.78, 5) is 0. The van der Waals surface area contributed by atoms with Crippen molar-refractivity contribution in [2.24, 2.45) is 0 Å². The molecule has 0 bridgehead atoms.